The van der Waals surface area contributed by atoms with Crippen molar-refractivity contribution < 1.29 is 14.3 Å². The average molecular weight is 254 g/mol. The minimum atomic E-state index is 0.0394. The van der Waals surface area contributed by atoms with Gasteiger partial charge in [0, 0.05) is 38.7 Å². The number of hydrogen-bond donors (Lipinski definition) is 0. The SMILES string of the molecule is CCOCC(=O)N1CCCN(C(=O)C2CC2)CC1. The third-order valence-corrected chi connectivity index (χ3v) is 3.52. The van der Waals surface area contributed by atoms with Gasteiger partial charge in [0.25, 0.3) is 0 Å². The molecule has 2 rings (SSSR count). The maximum absolute atomic E-state index is 12.0. The van der Waals surface area contributed by atoms with Gasteiger partial charge in [0.1, 0.15) is 6.61 Å². The van der Waals surface area contributed by atoms with Crippen LogP contribution in [0.2, 0.25) is 0 Å². The van der Waals surface area contributed by atoms with Crippen LogP contribution in [-0.2, 0) is 14.3 Å². The van der Waals surface area contributed by atoms with Gasteiger partial charge >= 0.3 is 0 Å². The third kappa shape index (κ3) is 3.45. The normalized spacial score (nSPS) is 20.7. The van der Waals surface area contributed by atoms with Gasteiger partial charge in [-0.2, -0.15) is 0 Å². The summed E-state index contributed by atoms with van der Waals surface area (Å²) in [4.78, 5) is 27.5. The highest BCUT2D eigenvalue weighted by Gasteiger charge is 2.34. The zero-order valence-corrected chi connectivity index (χ0v) is 11.1. The van der Waals surface area contributed by atoms with E-state index in [0.29, 0.717) is 19.7 Å². The minimum Gasteiger partial charge on any atom is -0.372 e. The molecular weight excluding hydrogens is 232 g/mol. The van der Waals surface area contributed by atoms with Gasteiger partial charge in [-0.15, -0.1) is 0 Å². The summed E-state index contributed by atoms with van der Waals surface area (Å²) in [5.41, 5.74) is 0. The first-order valence-electron chi connectivity index (χ1n) is 6.86. The van der Waals surface area contributed by atoms with E-state index in [2.05, 4.69) is 0 Å². The predicted octanol–water partition coefficient (Wildman–Crippen LogP) is 0.494. The van der Waals surface area contributed by atoms with Crippen molar-refractivity contribution in [2.24, 2.45) is 5.92 Å². The molecule has 0 atom stereocenters. The van der Waals surface area contributed by atoms with Gasteiger partial charge < -0.3 is 14.5 Å². The van der Waals surface area contributed by atoms with Gasteiger partial charge in [0.15, 0.2) is 0 Å². The standard InChI is InChI=1S/C13H22N2O3/c1-2-18-10-12(16)14-6-3-7-15(9-8-14)13(17)11-4-5-11/h11H,2-10H2,1H3. The van der Waals surface area contributed by atoms with E-state index in [1.165, 1.54) is 0 Å². The van der Waals surface area contributed by atoms with E-state index in [9.17, 15) is 9.59 Å². The Labute approximate surface area is 108 Å². The summed E-state index contributed by atoms with van der Waals surface area (Å²) in [5, 5.41) is 0. The highest BCUT2D eigenvalue weighted by Crippen LogP contribution is 2.31. The molecule has 0 aromatic heterocycles. The molecule has 18 heavy (non-hydrogen) atoms. The Bertz CT molecular complexity index is 315. The summed E-state index contributed by atoms with van der Waals surface area (Å²) in [6, 6.07) is 0. The van der Waals surface area contributed by atoms with E-state index in [-0.39, 0.29) is 24.3 Å². The average Bonchev–Trinajstić information content (AvgIpc) is 3.20. The van der Waals surface area contributed by atoms with Gasteiger partial charge in [-0.25, -0.2) is 0 Å². The van der Waals surface area contributed by atoms with Crippen LogP contribution in [0.1, 0.15) is 26.2 Å². The Hall–Kier alpha value is -1.10. The molecule has 2 amide bonds. The lowest BCUT2D eigenvalue weighted by atomic mass is 10.3. The van der Waals surface area contributed by atoms with E-state index in [4.69, 9.17) is 4.74 Å². The van der Waals surface area contributed by atoms with E-state index < -0.39 is 0 Å². The van der Waals surface area contributed by atoms with Gasteiger partial charge in [-0.05, 0) is 26.2 Å². The second-order valence-corrected chi connectivity index (χ2v) is 4.97. The zero-order chi connectivity index (χ0) is 13.0. The lowest BCUT2D eigenvalue weighted by Gasteiger charge is -2.22. The summed E-state index contributed by atoms with van der Waals surface area (Å²) in [6.07, 6.45) is 2.96. The number of carbonyl (C=O) groups excluding carboxylic acids is 2. The third-order valence-electron chi connectivity index (χ3n) is 3.52. The van der Waals surface area contributed by atoms with Crippen molar-refractivity contribution in [2.45, 2.75) is 26.2 Å². The van der Waals surface area contributed by atoms with Gasteiger partial charge in [-0.3, -0.25) is 9.59 Å². The minimum absolute atomic E-state index is 0.0394. The molecule has 0 aromatic rings. The maximum atomic E-state index is 12.0. The zero-order valence-electron chi connectivity index (χ0n) is 11.1. The Kier molecular flexibility index (Phi) is 4.58. The highest BCUT2D eigenvalue weighted by molar-refractivity contribution is 5.81. The maximum Gasteiger partial charge on any atom is 0.248 e. The quantitative estimate of drug-likeness (QED) is 0.734. The predicted molar refractivity (Wildman–Crippen MR) is 67.0 cm³/mol. The molecule has 1 saturated carbocycles. The second-order valence-electron chi connectivity index (χ2n) is 4.97. The van der Waals surface area contributed by atoms with Crippen LogP contribution in [0.25, 0.3) is 0 Å². The van der Waals surface area contributed by atoms with Crippen molar-refractivity contribution in [3.05, 3.63) is 0 Å². The van der Waals surface area contributed by atoms with Crippen LogP contribution >= 0.6 is 0 Å². The number of hydrogen-bond acceptors (Lipinski definition) is 3. The molecule has 0 bridgehead atoms. The highest BCUT2D eigenvalue weighted by atomic mass is 16.5. The van der Waals surface area contributed by atoms with Crippen LogP contribution < -0.4 is 0 Å². The fourth-order valence-electron chi connectivity index (χ4n) is 2.26. The molecule has 1 heterocycles. The monoisotopic (exact) mass is 254 g/mol. The molecule has 0 aromatic carbocycles. The van der Waals surface area contributed by atoms with Crippen molar-refractivity contribution in [1.29, 1.82) is 0 Å². The molecule has 102 valence electrons. The van der Waals surface area contributed by atoms with Crippen LogP contribution in [0.4, 0.5) is 0 Å². The van der Waals surface area contributed by atoms with E-state index in [1.807, 2.05) is 16.7 Å². The van der Waals surface area contributed by atoms with Crippen LogP contribution in [0, 0.1) is 5.92 Å². The van der Waals surface area contributed by atoms with Gasteiger partial charge in [0.2, 0.25) is 11.8 Å². The van der Waals surface area contributed by atoms with Crippen molar-refractivity contribution in [3.8, 4) is 0 Å². The molecule has 5 nitrogen and oxygen atoms in total. The van der Waals surface area contributed by atoms with Crippen molar-refractivity contribution in [1.82, 2.24) is 9.80 Å². The van der Waals surface area contributed by atoms with Crippen molar-refractivity contribution in [2.75, 3.05) is 39.4 Å². The largest absolute Gasteiger partial charge is 0.372 e. The first kappa shape index (κ1) is 13.3. The molecule has 1 aliphatic carbocycles. The Morgan fingerprint density at radius 2 is 1.78 bits per heavy atom. The molecule has 5 heteroatoms. The smallest absolute Gasteiger partial charge is 0.248 e. The van der Waals surface area contributed by atoms with E-state index in [1.54, 1.807) is 0 Å². The number of ether oxygens (including phenoxy) is 1. The molecule has 0 radical (unpaired) electrons. The fourth-order valence-corrected chi connectivity index (χ4v) is 2.26. The fraction of sp³-hybridized carbons (Fsp3) is 0.846. The second kappa shape index (κ2) is 6.18. The van der Waals surface area contributed by atoms with Crippen molar-refractivity contribution in [3.63, 3.8) is 0 Å². The van der Waals surface area contributed by atoms with Crippen LogP contribution in [0.15, 0.2) is 0 Å². The molecule has 0 N–H and O–H groups in total. The summed E-state index contributed by atoms with van der Waals surface area (Å²) >= 11 is 0. The van der Waals surface area contributed by atoms with Gasteiger partial charge in [-0.1, -0.05) is 0 Å². The summed E-state index contributed by atoms with van der Waals surface area (Å²) in [7, 11) is 0. The lowest BCUT2D eigenvalue weighted by Crippen LogP contribution is -2.39. The molecular formula is C13H22N2O3. The lowest BCUT2D eigenvalue weighted by molar-refractivity contribution is -0.137. The molecule has 1 saturated heterocycles. The van der Waals surface area contributed by atoms with E-state index in [0.717, 1.165) is 32.4 Å². The topological polar surface area (TPSA) is 49.9 Å². The molecule has 1 aliphatic heterocycles. The molecule has 2 fully saturated rings. The summed E-state index contributed by atoms with van der Waals surface area (Å²) < 4.78 is 5.14. The number of amides is 2. The van der Waals surface area contributed by atoms with Crippen LogP contribution in [-0.4, -0.2) is 61.0 Å². The van der Waals surface area contributed by atoms with Crippen LogP contribution in [0.3, 0.4) is 0 Å². The Morgan fingerprint density at radius 1 is 1.11 bits per heavy atom. The van der Waals surface area contributed by atoms with Gasteiger partial charge in [0.05, 0.1) is 0 Å². The van der Waals surface area contributed by atoms with E-state index >= 15 is 0 Å². The summed E-state index contributed by atoms with van der Waals surface area (Å²) in [5.74, 6) is 0.599. The Balaban J connectivity index is 1.80. The Morgan fingerprint density at radius 3 is 2.44 bits per heavy atom. The molecule has 2 aliphatic rings. The van der Waals surface area contributed by atoms with Crippen LogP contribution in [0.5, 0.6) is 0 Å². The molecule has 0 spiro atoms. The van der Waals surface area contributed by atoms with Crippen molar-refractivity contribution >= 4 is 11.8 Å². The first-order chi connectivity index (χ1) is 8.72. The number of nitrogens with zero attached hydrogens (tertiary/aromatic N) is 2. The summed E-state index contributed by atoms with van der Waals surface area (Å²) in [6.45, 7) is 5.44. The molecule has 0 unspecified atom stereocenters. The number of carbonyl (C=O) groups is 2. The number of rotatable bonds is 4. The first-order valence-corrected chi connectivity index (χ1v) is 6.86.